The van der Waals surface area contributed by atoms with Gasteiger partial charge in [-0.2, -0.15) is 0 Å². The molecule has 0 radical (unpaired) electrons. The second-order valence-electron chi connectivity index (χ2n) is 9.18. The first-order chi connectivity index (χ1) is 11.8. The van der Waals surface area contributed by atoms with Gasteiger partial charge in [0, 0.05) is 0 Å². The Kier molecular flexibility index (Phi) is 7.54. The molecule has 1 rings (SSSR count). The Balaban J connectivity index is 2.84. The first-order valence-corrected chi connectivity index (χ1v) is 9.33. The van der Waals surface area contributed by atoms with Crippen LogP contribution in [-0.4, -0.2) is 23.9 Å². The molecule has 1 atom stereocenters. The van der Waals surface area contributed by atoms with Gasteiger partial charge in [0.25, 0.3) is 0 Å². The van der Waals surface area contributed by atoms with Crippen LogP contribution in [0.3, 0.4) is 0 Å². The smallest absolute Gasteiger partial charge is 0.318 e. The van der Waals surface area contributed by atoms with Crippen molar-refractivity contribution in [2.24, 2.45) is 22.7 Å². The standard InChI is InChI=1S/C20H32O6/c1-19(2,3)17(23)25-15(21)12-14(13-10-8-7-9-11-13)16(22)26-18(24)20(4,5)6/h13-14H,7-12H2,1-6H3. The molecule has 0 N–H and O–H groups in total. The van der Waals surface area contributed by atoms with E-state index in [4.69, 9.17) is 9.47 Å². The highest BCUT2D eigenvalue weighted by molar-refractivity contribution is 5.93. The number of esters is 4. The van der Waals surface area contributed by atoms with Gasteiger partial charge in [0.15, 0.2) is 0 Å². The average Bonchev–Trinajstić information content (AvgIpc) is 2.51. The van der Waals surface area contributed by atoms with E-state index in [2.05, 4.69) is 0 Å². The van der Waals surface area contributed by atoms with Crippen LogP contribution in [0.25, 0.3) is 0 Å². The second kappa shape index (κ2) is 8.78. The topological polar surface area (TPSA) is 86.7 Å². The maximum absolute atomic E-state index is 12.6. The molecule has 6 heteroatoms. The summed E-state index contributed by atoms with van der Waals surface area (Å²) in [5, 5.41) is 0. The Hall–Kier alpha value is -1.72. The quantitative estimate of drug-likeness (QED) is 0.554. The minimum Gasteiger partial charge on any atom is -0.393 e. The van der Waals surface area contributed by atoms with Gasteiger partial charge in [0.1, 0.15) is 0 Å². The third-order valence-electron chi connectivity index (χ3n) is 4.53. The zero-order valence-electron chi connectivity index (χ0n) is 16.8. The van der Waals surface area contributed by atoms with Crippen molar-refractivity contribution >= 4 is 23.9 Å². The molecular weight excluding hydrogens is 336 g/mol. The first kappa shape index (κ1) is 22.3. The van der Waals surface area contributed by atoms with E-state index in [9.17, 15) is 19.2 Å². The lowest BCUT2D eigenvalue weighted by Crippen LogP contribution is -2.35. The van der Waals surface area contributed by atoms with Gasteiger partial charge in [-0.05, 0) is 60.3 Å². The molecule has 1 unspecified atom stereocenters. The van der Waals surface area contributed by atoms with Crippen LogP contribution in [0.1, 0.15) is 80.1 Å². The van der Waals surface area contributed by atoms with Crippen molar-refractivity contribution in [2.45, 2.75) is 80.1 Å². The van der Waals surface area contributed by atoms with Crippen molar-refractivity contribution in [3.63, 3.8) is 0 Å². The molecule has 0 bridgehead atoms. The van der Waals surface area contributed by atoms with Crippen LogP contribution in [0, 0.1) is 22.7 Å². The van der Waals surface area contributed by atoms with Crippen molar-refractivity contribution in [3.8, 4) is 0 Å². The summed E-state index contributed by atoms with van der Waals surface area (Å²) in [7, 11) is 0. The highest BCUT2D eigenvalue weighted by atomic mass is 16.6. The fourth-order valence-corrected chi connectivity index (χ4v) is 2.78. The number of rotatable bonds is 4. The van der Waals surface area contributed by atoms with Crippen molar-refractivity contribution in [1.29, 1.82) is 0 Å². The molecule has 1 saturated carbocycles. The molecule has 0 aromatic heterocycles. The zero-order valence-corrected chi connectivity index (χ0v) is 16.8. The molecule has 0 aromatic rings. The van der Waals surface area contributed by atoms with Crippen molar-refractivity contribution < 1.29 is 28.7 Å². The summed E-state index contributed by atoms with van der Waals surface area (Å²) >= 11 is 0. The third-order valence-corrected chi connectivity index (χ3v) is 4.53. The number of hydrogen-bond donors (Lipinski definition) is 0. The summed E-state index contributed by atoms with van der Waals surface area (Å²) in [5.74, 6) is -3.51. The van der Waals surface area contributed by atoms with Gasteiger partial charge in [-0.15, -0.1) is 0 Å². The molecule has 0 amide bonds. The van der Waals surface area contributed by atoms with Crippen molar-refractivity contribution in [3.05, 3.63) is 0 Å². The summed E-state index contributed by atoms with van der Waals surface area (Å²) in [6.07, 6.45) is 4.37. The van der Waals surface area contributed by atoms with Crippen LogP contribution < -0.4 is 0 Å². The molecule has 0 saturated heterocycles. The maximum Gasteiger partial charge on any atom is 0.318 e. The minimum atomic E-state index is -0.810. The largest absolute Gasteiger partial charge is 0.393 e. The van der Waals surface area contributed by atoms with E-state index >= 15 is 0 Å². The monoisotopic (exact) mass is 368 g/mol. The van der Waals surface area contributed by atoms with Gasteiger partial charge in [0.05, 0.1) is 23.2 Å². The van der Waals surface area contributed by atoms with E-state index in [1.807, 2.05) is 0 Å². The van der Waals surface area contributed by atoms with Gasteiger partial charge >= 0.3 is 23.9 Å². The maximum atomic E-state index is 12.6. The molecule has 0 aliphatic heterocycles. The van der Waals surface area contributed by atoms with Crippen LogP contribution in [0.2, 0.25) is 0 Å². The van der Waals surface area contributed by atoms with Gasteiger partial charge in [-0.25, -0.2) is 0 Å². The summed E-state index contributed by atoms with van der Waals surface area (Å²) in [6, 6.07) is 0. The Morgan fingerprint density at radius 2 is 1.27 bits per heavy atom. The van der Waals surface area contributed by atoms with E-state index < -0.39 is 40.6 Å². The first-order valence-electron chi connectivity index (χ1n) is 9.33. The number of carbonyl (C=O) groups is 4. The Morgan fingerprint density at radius 3 is 1.73 bits per heavy atom. The van der Waals surface area contributed by atoms with E-state index in [0.29, 0.717) is 0 Å². The van der Waals surface area contributed by atoms with Crippen LogP contribution in [0.5, 0.6) is 0 Å². The lowest BCUT2D eigenvalue weighted by atomic mass is 9.78. The van der Waals surface area contributed by atoms with E-state index in [1.54, 1.807) is 41.5 Å². The number of hydrogen-bond acceptors (Lipinski definition) is 6. The molecule has 1 aliphatic carbocycles. The molecular formula is C20H32O6. The Labute approximate surface area is 156 Å². The minimum absolute atomic E-state index is 0.0405. The highest BCUT2D eigenvalue weighted by Gasteiger charge is 2.37. The Morgan fingerprint density at radius 1 is 0.808 bits per heavy atom. The number of carbonyl (C=O) groups excluding carboxylic acids is 4. The summed E-state index contributed by atoms with van der Waals surface area (Å²) < 4.78 is 9.92. The van der Waals surface area contributed by atoms with E-state index in [-0.39, 0.29) is 12.3 Å². The van der Waals surface area contributed by atoms with Gasteiger partial charge < -0.3 is 9.47 Å². The molecule has 6 nitrogen and oxygen atoms in total. The van der Waals surface area contributed by atoms with Crippen LogP contribution in [0.15, 0.2) is 0 Å². The fraction of sp³-hybridized carbons (Fsp3) is 0.800. The summed E-state index contributed by atoms with van der Waals surface area (Å²) in [4.78, 5) is 48.7. The highest BCUT2D eigenvalue weighted by Crippen LogP contribution is 2.33. The third kappa shape index (κ3) is 6.89. The molecule has 0 heterocycles. The fourth-order valence-electron chi connectivity index (χ4n) is 2.78. The molecule has 148 valence electrons. The molecule has 0 spiro atoms. The molecule has 1 aliphatic rings. The molecule has 26 heavy (non-hydrogen) atoms. The van der Waals surface area contributed by atoms with Crippen molar-refractivity contribution in [2.75, 3.05) is 0 Å². The lowest BCUT2D eigenvalue weighted by Gasteiger charge is -2.29. The van der Waals surface area contributed by atoms with Gasteiger partial charge in [-0.1, -0.05) is 19.3 Å². The normalized spacial score (nSPS) is 17.3. The lowest BCUT2D eigenvalue weighted by molar-refractivity contribution is -0.175. The second-order valence-corrected chi connectivity index (χ2v) is 9.18. The Bertz CT molecular complexity index is 544. The summed E-state index contributed by atoms with van der Waals surface area (Å²) in [6.45, 7) is 9.93. The van der Waals surface area contributed by atoms with E-state index in [0.717, 1.165) is 32.1 Å². The molecule has 1 fully saturated rings. The van der Waals surface area contributed by atoms with E-state index in [1.165, 1.54) is 0 Å². The zero-order chi connectivity index (χ0) is 20.1. The predicted molar refractivity (Wildman–Crippen MR) is 95.8 cm³/mol. The predicted octanol–water partition coefficient (Wildman–Crippen LogP) is 3.80. The van der Waals surface area contributed by atoms with Crippen molar-refractivity contribution in [1.82, 2.24) is 0 Å². The van der Waals surface area contributed by atoms with Gasteiger partial charge in [-0.3, -0.25) is 19.2 Å². The molecule has 0 aromatic carbocycles. The van der Waals surface area contributed by atoms with Gasteiger partial charge in [0.2, 0.25) is 0 Å². The van der Waals surface area contributed by atoms with Crippen LogP contribution >= 0.6 is 0 Å². The van der Waals surface area contributed by atoms with Crippen LogP contribution in [-0.2, 0) is 28.7 Å². The summed E-state index contributed by atoms with van der Waals surface area (Å²) in [5.41, 5.74) is -1.62. The number of ether oxygens (including phenoxy) is 2. The van der Waals surface area contributed by atoms with Crippen LogP contribution in [0.4, 0.5) is 0 Å². The SMILES string of the molecule is CC(C)(C)C(=O)OC(=O)CC(C(=O)OC(=O)C(C)(C)C)C1CCCCC1. The average molecular weight is 368 g/mol.